The van der Waals surface area contributed by atoms with Crippen molar-refractivity contribution in [3.05, 3.63) is 0 Å². The highest BCUT2D eigenvalue weighted by atomic mass is 32.2. The van der Waals surface area contributed by atoms with Gasteiger partial charge in [-0.05, 0) is 50.7 Å². The van der Waals surface area contributed by atoms with Crippen molar-refractivity contribution < 1.29 is 0 Å². The molecule has 2 aliphatic carbocycles. The summed E-state index contributed by atoms with van der Waals surface area (Å²) in [6.07, 6.45) is 13.8. The first-order chi connectivity index (χ1) is 7.74. The van der Waals surface area contributed by atoms with Crippen molar-refractivity contribution in [3.8, 4) is 0 Å². The van der Waals surface area contributed by atoms with Gasteiger partial charge in [0.15, 0.2) is 0 Å². The van der Waals surface area contributed by atoms with E-state index in [9.17, 15) is 0 Å². The molecule has 0 aliphatic heterocycles. The van der Waals surface area contributed by atoms with Crippen LogP contribution in [-0.4, -0.2) is 23.6 Å². The molecule has 0 aromatic heterocycles. The van der Waals surface area contributed by atoms with Crippen LogP contribution in [0.4, 0.5) is 0 Å². The largest absolute Gasteiger partial charge is 0.313 e. The van der Waals surface area contributed by atoms with Gasteiger partial charge in [0.2, 0.25) is 0 Å². The van der Waals surface area contributed by atoms with Crippen LogP contribution in [0.1, 0.15) is 58.3 Å². The van der Waals surface area contributed by atoms with E-state index in [2.05, 4.69) is 30.3 Å². The second kappa shape index (κ2) is 5.77. The summed E-state index contributed by atoms with van der Waals surface area (Å²) in [6, 6.07) is 0.820. The number of hydrogen-bond acceptors (Lipinski definition) is 2. The van der Waals surface area contributed by atoms with Crippen LogP contribution < -0.4 is 5.32 Å². The summed E-state index contributed by atoms with van der Waals surface area (Å²) >= 11 is 2.11. The summed E-state index contributed by atoms with van der Waals surface area (Å²) < 4.78 is 0.586. The number of nitrogens with one attached hydrogen (secondary N) is 1. The van der Waals surface area contributed by atoms with E-state index in [1.54, 1.807) is 0 Å². The first kappa shape index (κ1) is 12.8. The molecule has 0 bridgehead atoms. The fraction of sp³-hybridized carbons (Fsp3) is 1.00. The molecule has 16 heavy (non-hydrogen) atoms. The fourth-order valence-electron chi connectivity index (χ4n) is 3.27. The van der Waals surface area contributed by atoms with Crippen molar-refractivity contribution in [3.63, 3.8) is 0 Å². The number of hydrogen-bond donors (Lipinski definition) is 1. The second-order valence-electron chi connectivity index (χ2n) is 5.93. The molecule has 0 aromatic rings. The second-order valence-corrected chi connectivity index (χ2v) is 7.21. The lowest BCUT2D eigenvalue weighted by atomic mass is 9.87. The normalized spacial score (nSPS) is 34.1. The monoisotopic (exact) mass is 241 g/mol. The zero-order valence-electron chi connectivity index (χ0n) is 10.9. The summed E-state index contributed by atoms with van der Waals surface area (Å²) in [5.74, 6) is 0.971. The van der Waals surface area contributed by atoms with Gasteiger partial charge >= 0.3 is 0 Å². The highest BCUT2D eigenvalue weighted by Crippen LogP contribution is 2.39. The molecule has 1 nitrogen and oxygen atoms in total. The summed E-state index contributed by atoms with van der Waals surface area (Å²) in [5, 5.41) is 3.86. The molecular formula is C14H27NS. The lowest BCUT2D eigenvalue weighted by molar-refractivity contribution is 0.300. The third-order valence-corrected chi connectivity index (χ3v) is 6.10. The molecule has 0 heterocycles. The van der Waals surface area contributed by atoms with E-state index in [0.717, 1.165) is 12.0 Å². The van der Waals surface area contributed by atoms with Gasteiger partial charge in [-0.2, -0.15) is 11.8 Å². The van der Waals surface area contributed by atoms with E-state index < -0.39 is 0 Å². The molecule has 0 radical (unpaired) electrons. The molecule has 0 atom stereocenters. The van der Waals surface area contributed by atoms with Crippen LogP contribution >= 0.6 is 11.8 Å². The molecule has 0 unspecified atom stereocenters. The molecule has 2 saturated carbocycles. The molecule has 1 N–H and O–H groups in total. The first-order valence-electron chi connectivity index (χ1n) is 7.03. The minimum absolute atomic E-state index is 0.586. The molecular weight excluding hydrogens is 214 g/mol. The molecule has 0 amide bonds. The Bertz CT molecular complexity index is 203. The van der Waals surface area contributed by atoms with Crippen LogP contribution in [0.25, 0.3) is 0 Å². The van der Waals surface area contributed by atoms with Gasteiger partial charge in [-0.15, -0.1) is 0 Å². The Kier molecular flexibility index (Phi) is 4.60. The Labute approximate surface area is 105 Å². The van der Waals surface area contributed by atoms with Crippen LogP contribution in [-0.2, 0) is 0 Å². The maximum Gasteiger partial charge on any atom is 0.0281 e. The smallest absolute Gasteiger partial charge is 0.0281 e. The Hall–Kier alpha value is 0.310. The Morgan fingerprint density at radius 1 is 1.12 bits per heavy atom. The van der Waals surface area contributed by atoms with Crippen LogP contribution in [0.3, 0.4) is 0 Å². The molecule has 2 heteroatoms. The van der Waals surface area contributed by atoms with Gasteiger partial charge in [0.25, 0.3) is 0 Å². The predicted molar refractivity (Wildman–Crippen MR) is 74.1 cm³/mol. The fourth-order valence-corrected chi connectivity index (χ4v) is 4.19. The Morgan fingerprint density at radius 2 is 1.75 bits per heavy atom. The summed E-state index contributed by atoms with van der Waals surface area (Å²) in [6.45, 7) is 3.66. The van der Waals surface area contributed by atoms with Crippen LogP contribution in [0.2, 0.25) is 0 Å². The van der Waals surface area contributed by atoms with Crippen LogP contribution in [0, 0.1) is 5.92 Å². The topological polar surface area (TPSA) is 12.0 Å². The van der Waals surface area contributed by atoms with Gasteiger partial charge in [-0.25, -0.2) is 0 Å². The molecule has 0 spiro atoms. The third kappa shape index (κ3) is 3.16. The Morgan fingerprint density at radius 3 is 2.31 bits per heavy atom. The van der Waals surface area contributed by atoms with Crippen molar-refractivity contribution >= 4 is 11.8 Å². The van der Waals surface area contributed by atoms with Gasteiger partial charge in [-0.3, -0.25) is 0 Å². The maximum atomic E-state index is 3.86. The quantitative estimate of drug-likeness (QED) is 0.803. The summed E-state index contributed by atoms with van der Waals surface area (Å²) in [4.78, 5) is 0. The van der Waals surface area contributed by atoms with Crippen molar-refractivity contribution in [2.45, 2.75) is 69.1 Å². The molecule has 2 rings (SSSR count). The lowest BCUT2D eigenvalue weighted by Crippen LogP contribution is -2.42. The lowest BCUT2D eigenvalue weighted by Gasteiger charge is -2.32. The van der Waals surface area contributed by atoms with Crippen molar-refractivity contribution in [1.29, 1.82) is 0 Å². The highest BCUT2D eigenvalue weighted by molar-refractivity contribution is 8.00. The average molecular weight is 241 g/mol. The predicted octanol–water partition coefficient (Wildman–Crippen LogP) is 3.83. The molecule has 94 valence electrons. The number of rotatable bonds is 4. The third-order valence-electron chi connectivity index (χ3n) is 4.68. The van der Waals surface area contributed by atoms with Crippen LogP contribution in [0.15, 0.2) is 0 Å². The number of thioether (sulfide) groups is 1. The van der Waals surface area contributed by atoms with Crippen LogP contribution in [0.5, 0.6) is 0 Å². The summed E-state index contributed by atoms with van der Waals surface area (Å²) in [5.41, 5.74) is 0. The Balaban J connectivity index is 1.73. The van der Waals surface area contributed by atoms with Gasteiger partial charge in [0, 0.05) is 17.3 Å². The minimum Gasteiger partial charge on any atom is -0.313 e. The molecule has 2 aliphatic rings. The first-order valence-corrected chi connectivity index (χ1v) is 8.25. The minimum atomic E-state index is 0.586. The van der Waals surface area contributed by atoms with Gasteiger partial charge in [0.1, 0.15) is 0 Å². The van der Waals surface area contributed by atoms with E-state index in [1.807, 2.05) is 0 Å². The van der Waals surface area contributed by atoms with Gasteiger partial charge < -0.3 is 5.32 Å². The van der Waals surface area contributed by atoms with Gasteiger partial charge in [-0.1, -0.05) is 19.8 Å². The van der Waals surface area contributed by atoms with E-state index >= 15 is 0 Å². The zero-order valence-corrected chi connectivity index (χ0v) is 11.7. The highest BCUT2D eigenvalue weighted by Gasteiger charge is 2.33. The average Bonchev–Trinajstić information content (AvgIpc) is 2.78. The standard InChI is InChI=1S/C14H27NS/c1-12-5-7-13(8-6-12)15-11-14(16-2)9-3-4-10-14/h12-13,15H,3-11H2,1-2H3. The van der Waals surface area contributed by atoms with E-state index in [1.165, 1.54) is 57.9 Å². The molecule has 0 aromatic carbocycles. The van der Waals surface area contributed by atoms with Crippen molar-refractivity contribution in [1.82, 2.24) is 5.32 Å². The SMILES string of the molecule is CSC1(CNC2CCC(C)CC2)CCCC1. The van der Waals surface area contributed by atoms with Crippen molar-refractivity contribution in [2.75, 3.05) is 12.8 Å². The molecule has 0 saturated heterocycles. The van der Waals surface area contributed by atoms with E-state index in [0.29, 0.717) is 4.75 Å². The van der Waals surface area contributed by atoms with Gasteiger partial charge in [0.05, 0.1) is 0 Å². The van der Waals surface area contributed by atoms with E-state index in [-0.39, 0.29) is 0 Å². The van der Waals surface area contributed by atoms with E-state index in [4.69, 9.17) is 0 Å². The maximum absolute atomic E-state index is 3.86. The van der Waals surface area contributed by atoms with Crippen molar-refractivity contribution in [2.24, 2.45) is 5.92 Å². The molecule has 2 fully saturated rings. The summed E-state index contributed by atoms with van der Waals surface area (Å²) in [7, 11) is 0. The zero-order chi connectivity index (χ0) is 11.4.